The summed E-state index contributed by atoms with van der Waals surface area (Å²) in [6.45, 7) is 6.87. The van der Waals surface area contributed by atoms with E-state index in [-0.39, 0.29) is 37.5 Å². The molecule has 358 valence electrons. The van der Waals surface area contributed by atoms with Crippen LogP contribution in [-0.2, 0) is 49.5 Å². The standard InChI is InChI=1S/C30H46O5.C22H38O6/c1-3-4-5-6-7-8-9-10-11-12-13-14-18-21-28(31)33-23-22-27-29(25(2)30(32)35-27)34-24-26-19-16-15-17-20-26;1-2-3-4-5-6-7-8-9-10-11-12-13-14-15-19(23)27-17-16-18-20(24)21(25)22(26)28-18/h15-17,19-20,27H,3-14,18,21-24H2,1-2H3;18,24-25H,2-17H2,1H3. The molecular formula is C52H84O11. The number of unbranched alkanes of at least 4 members (excludes halogenated alkanes) is 24. The lowest BCUT2D eigenvalue weighted by Gasteiger charge is -2.15. The minimum atomic E-state index is -0.944. The zero-order valence-corrected chi connectivity index (χ0v) is 39.4. The van der Waals surface area contributed by atoms with Gasteiger partial charge in [0.05, 0.1) is 18.8 Å². The number of hydrogen-bond acceptors (Lipinski definition) is 11. The fraction of sp³-hybridized carbons (Fsp3) is 0.731. The molecule has 0 bridgehead atoms. The number of carbonyl (C=O) groups excluding carboxylic acids is 4. The summed E-state index contributed by atoms with van der Waals surface area (Å²) in [4.78, 5) is 46.8. The minimum Gasteiger partial charge on any atom is -0.505 e. The minimum absolute atomic E-state index is 0.0482. The Bertz CT molecular complexity index is 1450. The van der Waals surface area contributed by atoms with Crippen molar-refractivity contribution in [2.24, 2.45) is 0 Å². The number of ether oxygens (including phenoxy) is 5. The van der Waals surface area contributed by atoms with E-state index in [0.717, 1.165) is 37.7 Å². The third kappa shape index (κ3) is 26.4. The second kappa shape index (κ2) is 36.3. The fourth-order valence-corrected chi connectivity index (χ4v) is 7.71. The van der Waals surface area contributed by atoms with E-state index in [4.69, 9.17) is 23.7 Å². The van der Waals surface area contributed by atoms with Gasteiger partial charge in [0, 0.05) is 25.7 Å². The zero-order valence-electron chi connectivity index (χ0n) is 39.4. The first-order valence-corrected chi connectivity index (χ1v) is 24.9. The Morgan fingerprint density at radius 3 is 1.32 bits per heavy atom. The number of cyclic esters (lactones) is 2. The fourth-order valence-electron chi connectivity index (χ4n) is 7.71. The first-order chi connectivity index (χ1) is 30.7. The Morgan fingerprint density at radius 1 is 0.540 bits per heavy atom. The van der Waals surface area contributed by atoms with Crippen molar-refractivity contribution >= 4 is 23.9 Å². The summed E-state index contributed by atoms with van der Waals surface area (Å²) >= 11 is 0. The highest BCUT2D eigenvalue weighted by molar-refractivity contribution is 5.91. The lowest BCUT2D eigenvalue weighted by molar-refractivity contribution is -0.148. The van der Waals surface area contributed by atoms with Gasteiger partial charge in [-0.05, 0) is 25.3 Å². The molecule has 11 nitrogen and oxygen atoms in total. The quantitative estimate of drug-likeness (QED) is 0.0373. The molecule has 63 heavy (non-hydrogen) atoms. The van der Waals surface area contributed by atoms with Crippen molar-refractivity contribution in [3.63, 3.8) is 0 Å². The molecule has 0 saturated heterocycles. The number of carbonyl (C=O) groups is 4. The van der Waals surface area contributed by atoms with Crippen LogP contribution in [0, 0.1) is 0 Å². The van der Waals surface area contributed by atoms with Gasteiger partial charge in [-0.15, -0.1) is 0 Å². The average molecular weight is 885 g/mol. The van der Waals surface area contributed by atoms with Crippen LogP contribution in [0.3, 0.4) is 0 Å². The van der Waals surface area contributed by atoms with Crippen LogP contribution in [0.1, 0.15) is 219 Å². The number of benzene rings is 1. The molecule has 0 aromatic heterocycles. The Morgan fingerprint density at radius 2 is 0.921 bits per heavy atom. The van der Waals surface area contributed by atoms with Crippen molar-refractivity contribution in [3.8, 4) is 0 Å². The van der Waals surface area contributed by atoms with Gasteiger partial charge in [-0.3, -0.25) is 9.59 Å². The van der Waals surface area contributed by atoms with Gasteiger partial charge in [-0.1, -0.05) is 198 Å². The molecule has 0 fully saturated rings. The maximum absolute atomic E-state index is 12.1. The monoisotopic (exact) mass is 885 g/mol. The van der Waals surface area contributed by atoms with Crippen molar-refractivity contribution in [1.82, 2.24) is 0 Å². The van der Waals surface area contributed by atoms with Gasteiger partial charge in [0.25, 0.3) is 0 Å². The molecule has 11 heteroatoms. The predicted octanol–water partition coefficient (Wildman–Crippen LogP) is 13.5. The van der Waals surface area contributed by atoms with Crippen molar-refractivity contribution in [3.05, 3.63) is 58.7 Å². The molecule has 2 aliphatic heterocycles. The summed E-state index contributed by atoms with van der Waals surface area (Å²) in [7, 11) is 0. The molecule has 1 aromatic carbocycles. The van der Waals surface area contributed by atoms with Crippen molar-refractivity contribution in [2.45, 2.75) is 232 Å². The van der Waals surface area contributed by atoms with E-state index < -0.39 is 29.7 Å². The van der Waals surface area contributed by atoms with Gasteiger partial charge in [-0.25, -0.2) is 9.59 Å². The molecule has 2 atom stereocenters. The molecule has 1 aromatic rings. The topological polar surface area (TPSA) is 155 Å². The van der Waals surface area contributed by atoms with Gasteiger partial charge in [0.2, 0.25) is 5.76 Å². The van der Waals surface area contributed by atoms with Gasteiger partial charge < -0.3 is 33.9 Å². The maximum atomic E-state index is 12.1. The Labute approximate surface area is 380 Å². The molecule has 0 saturated carbocycles. The molecule has 0 aliphatic carbocycles. The number of aliphatic hydroxyl groups excluding tert-OH is 2. The second-order valence-electron chi connectivity index (χ2n) is 17.3. The Kier molecular flexibility index (Phi) is 31.8. The molecule has 2 N–H and O–H groups in total. The Balaban J connectivity index is 0.000000445. The summed E-state index contributed by atoms with van der Waals surface area (Å²) in [6.07, 6.45) is 33.0. The van der Waals surface area contributed by atoms with Crippen LogP contribution in [-0.4, -0.2) is 59.5 Å². The van der Waals surface area contributed by atoms with E-state index in [1.807, 2.05) is 30.3 Å². The third-order valence-electron chi connectivity index (χ3n) is 11.7. The lowest BCUT2D eigenvalue weighted by atomic mass is 10.0. The molecule has 2 aliphatic rings. The van der Waals surface area contributed by atoms with Gasteiger partial charge >= 0.3 is 23.9 Å². The molecular weight excluding hydrogens is 801 g/mol. The molecule has 2 heterocycles. The van der Waals surface area contributed by atoms with Gasteiger partial charge in [0.15, 0.2) is 18.0 Å². The van der Waals surface area contributed by atoms with E-state index in [1.165, 1.54) is 135 Å². The number of esters is 4. The van der Waals surface area contributed by atoms with E-state index >= 15 is 0 Å². The van der Waals surface area contributed by atoms with E-state index in [2.05, 4.69) is 13.8 Å². The van der Waals surface area contributed by atoms with Crippen LogP contribution in [0.5, 0.6) is 0 Å². The predicted molar refractivity (Wildman–Crippen MR) is 248 cm³/mol. The van der Waals surface area contributed by atoms with Gasteiger partial charge in [0.1, 0.15) is 12.4 Å². The molecule has 2 unspecified atom stereocenters. The van der Waals surface area contributed by atoms with Crippen LogP contribution in [0.2, 0.25) is 0 Å². The maximum Gasteiger partial charge on any atom is 0.377 e. The zero-order chi connectivity index (χ0) is 45.8. The SMILES string of the molecule is CCCCCCCCCCCCCCCC(=O)OCCC1OC(=O)C(C)=C1OCc1ccccc1.CCCCCCCCCCCCCCCC(=O)OCCC1OC(=O)C(O)=C1O. The summed E-state index contributed by atoms with van der Waals surface area (Å²) < 4.78 is 26.5. The van der Waals surface area contributed by atoms with Crippen molar-refractivity contribution < 1.29 is 53.1 Å². The number of hydrogen-bond donors (Lipinski definition) is 2. The largest absolute Gasteiger partial charge is 0.505 e. The summed E-state index contributed by atoms with van der Waals surface area (Å²) in [5.74, 6) is -2.46. The van der Waals surface area contributed by atoms with Crippen LogP contribution in [0.4, 0.5) is 0 Å². The summed E-state index contributed by atoms with van der Waals surface area (Å²) in [5.41, 5.74) is 1.51. The molecule has 0 amide bonds. The molecule has 0 radical (unpaired) electrons. The van der Waals surface area contributed by atoms with Crippen LogP contribution in [0.25, 0.3) is 0 Å². The lowest BCUT2D eigenvalue weighted by Crippen LogP contribution is -2.18. The van der Waals surface area contributed by atoms with Gasteiger partial charge in [-0.2, -0.15) is 0 Å². The van der Waals surface area contributed by atoms with Crippen LogP contribution in [0.15, 0.2) is 53.2 Å². The van der Waals surface area contributed by atoms with Crippen molar-refractivity contribution in [1.29, 1.82) is 0 Å². The van der Waals surface area contributed by atoms with Crippen LogP contribution >= 0.6 is 0 Å². The van der Waals surface area contributed by atoms with Crippen molar-refractivity contribution in [2.75, 3.05) is 13.2 Å². The normalized spacial score (nSPS) is 15.9. The smallest absolute Gasteiger partial charge is 0.377 e. The van der Waals surface area contributed by atoms with Crippen LogP contribution < -0.4 is 0 Å². The highest BCUT2D eigenvalue weighted by Gasteiger charge is 2.35. The number of rotatable bonds is 37. The van der Waals surface area contributed by atoms with E-state index in [9.17, 15) is 29.4 Å². The highest BCUT2D eigenvalue weighted by Crippen LogP contribution is 2.27. The molecule has 3 rings (SSSR count). The highest BCUT2D eigenvalue weighted by atomic mass is 16.6. The summed E-state index contributed by atoms with van der Waals surface area (Å²) in [5, 5.41) is 18.7. The average Bonchev–Trinajstić information content (AvgIpc) is 3.69. The first kappa shape index (κ1) is 55.1. The third-order valence-corrected chi connectivity index (χ3v) is 11.7. The van der Waals surface area contributed by atoms with E-state index in [1.54, 1.807) is 6.92 Å². The first-order valence-electron chi connectivity index (χ1n) is 24.9. The van der Waals surface area contributed by atoms with E-state index in [0.29, 0.717) is 37.2 Å². The second-order valence-corrected chi connectivity index (χ2v) is 17.3. The number of aliphatic hydroxyl groups is 2. The molecule has 0 spiro atoms. The summed E-state index contributed by atoms with van der Waals surface area (Å²) in [6, 6.07) is 9.79. The Hall–Kier alpha value is -4.02.